The summed E-state index contributed by atoms with van der Waals surface area (Å²) in [6, 6.07) is 16.3. The fourth-order valence-corrected chi connectivity index (χ4v) is 1.99. The second-order valence-corrected chi connectivity index (χ2v) is 4.15. The quantitative estimate of drug-likeness (QED) is 0.481. The monoisotopic (exact) mass is 247 g/mol. The highest BCUT2D eigenvalue weighted by molar-refractivity contribution is 5.84. The van der Waals surface area contributed by atoms with Crippen molar-refractivity contribution in [2.24, 2.45) is 0 Å². The molecule has 3 aromatic rings. The zero-order chi connectivity index (χ0) is 13.2. The maximum atomic E-state index is 12.0. The number of benzene rings is 2. The fourth-order valence-electron chi connectivity index (χ4n) is 1.99. The molecule has 3 heteroatoms. The molecule has 0 aliphatic rings. The van der Waals surface area contributed by atoms with Crippen molar-refractivity contribution in [3.8, 4) is 11.1 Å². The molecule has 19 heavy (non-hydrogen) atoms. The van der Waals surface area contributed by atoms with Crippen molar-refractivity contribution >= 4 is 16.7 Å². The Balaban J connectivity index is 2.27. The molecular formula is C16H9NO2. The molecule has 0 atom stereocenters. The Morgan fingerprint density at radius 1 is 1.00 bits per heavy atom. The molecule has 2 aromatic carbocycles. The molecule has 0 saturated heterocycles. The Morgan fingerprint density at radius 2 is 1.79 bits per heavy atom. The first-order chi connectivity index (χ1) is 9.28. The molecule has 1 heterocycles. The van der Waals surface area contributed by atoms with Crippen LogP contribution in [0.2, 0.25) is 0 Å². The molecule has 0 amide bonds. The van der Waals surface area contributed by atoms with Crippen LogP contribution in [-0.2, 0) is 0 Å². The Kier molecular flexibility index (Phi) is 2.62. The van der Waals surface area contributed by atoms with E-state index in [-0.39, 0.29) is 5.63 Å². The lowest BCUT2D eigenvalue weighted by Crippen LogP contribution is -2.02. The van der Waals surface area contributed by atoms with Gasteiger partial charge in [0.25, 0.3) is 0 Å². The van der Waals surface area contributed by atoms with E-state index in [1.165, 1.54) is 0 Å². The summed E-state index contributed by atoms with van der Waals surface area (Å²) in [5.41, 5.74) is 1.87. The van der Waals surface area contributed by atoms with Gasteiger partial charge in [0, 0.05) is 5.39 Å². The summed E-state index contributed by atoms with van der Waals surface area (Å²) in [5.74, 6) is 0. The second kappa shape index (κ2) is 4.43. The number of rotatable bonds is 1. The van der Waals surface area contributed by atoms with Gasteiger partial charge in [-0.15, -0.1) is 0 Å². The molecule has 0 unspecified atom stereocenters. The third-order valence-corrected chi connectivity index (χ3v) is 2.93. The van der Waals surface area contributed by atoms with E-state index in [9.17, 15) is 4.79 Å². The van der Waals surface area contributed by atoms with Gasteiger partial charge in [0.15, 0.2) is 5.69 Å². The first-order valence-electron chi connectivity index (χ1n) is 5.79. The van der Waals surface area contributed by atoms with E-state index in [1.54, 1.807) is 24.3 Å². The number of hydrogen-bond donors (Lipinski definition) is 0. The first kappa shape index (κ1) is 11.2. The summed E-state index contributed by atoms with van der Waals surface area (Å²) < 4.78 is 5.29. The molecule has 90 valence electrons. The summed E-state index contributed by atoms with van der Waals surface area (Å²) in [5, 5.41) is 0.811. The van der Waals surface area contributed by atoms with Crippen molar-refractivity contribution in [2.75, 3.05) is 0 Å². The van der Waals surface area contributed by atoms with Gasteiger partial charge in [-0.25, -0.2) is 9.64 Å². The maximum absolute atomic E-state index is 12.0. The van der Waals surface area contributed by atoms with E-state index >= 15 is 0 Å². The molecular weight excluding hydrogens is 238 g/mol. The van der Waals surface area contributed by atoms with Gasteiger partial charge in [-0.2, -0.15) is 0 Å². The van der Waals surface area contributed by atoms with Gasteiger partial charge in [0.1, 0.15) is 5.58 Å². The van der Waals surface area contributed by atoms with Crippen LogP contribution in [-0.4, -0.2) is 0 Å². The zero-order valence-corrected chi connectivity index (χ0v) is 9.96. The highest BCUT2D eigenvalue weighted by atomic mass is 16.4. The van der Waals surface area contributed by atoms with Crippen LogP contribution in [0, 0.1) is 6.57 Å². The Bertz CT molecular complexity index is 842. The third-order valence-electron chi connectivity index (χ3n) is 2.93. The van der Waals surface area contributed by atoms with Crippen molar-refractivity contribution in [3.05, 3.63) is 76.4 Å². The molecule has 0 spiro atoms. The predicted octanol–water partition coefficient (Wildman–Crippen LogP) is 4.01. The molecule has 0 aliphatic heterocycles. The van der Waals surface area contributed by atoms with Gasteiger partial charge >= 0.3 is 5.63 Å². The largest absolute Gasteiger partial charge is 0.424 e. The topological polar surface area (TPSA) is 34.6 Å². The number of hydrogen-bond acceptors (Lipinski definition) is 2. The SMILES string of the molecule is [C-]#[N+]c1ccc2cc(-c3ccccc3)c(=O)oc2c1. The normalized spacial score (nSPS) is 10.3. The standard InChI is InChI=1S/C16H9NO2/c1-17-13-8-7-12-9-14(11-5-3-2-4-6-11)16(18)19-15(12)10-13/h2-10H. The Morgan fingerprint density at radius 3 is 2.53 bits per heavy atom. The molecule has 0 radical (unpaired) electrons. The smallest absolute Gasteiger partial charge is 0.344 e. The number of fused-ring (bicyclic) bond motifs is 1. The molecule has 0 bridgehead atoms. The first-order valence-corrected chi connectivity index (χ1v) is 5.79. The van der Waals surface area contributed by atoms with E-state index in [4.69, 9.17) is 11.0 Å². The Labute approximate surface area is 109 Å². The summed E-state index contributed by atoms with van der Waals surface area (Å²) in [4.78, 5) is 15.3. The zero-order valence-electron chi connectivity index (χ0n) is 9.96. The summed E-state index contributed by atoms with van der Waals surface area (Å²) in [7, 11) is 0. The highest BCUT2D eigenvalue weighted by Gasteiger charge is 2.07. The van der Waals surface area contributed by atoms with Gasteiger partial charge in [-0.05, 0) is 17.7 Å². The van der Waals surface area contributed by atoms with Crippen molar-refractivity contribution in [1.29, 1.82) is 0 Å². The van der Waals surface area contributed by atoms with Crippen LogP contribution >= 0.6 is 0 Å². The second-order valence-electron chi connectivity index (χ2n) is 4.15. The molecule has 0 aliphatic carbocycles. The molecule has 0 fully saturated rings. The van der Waals surface area contributed by atoms with E-state index in [0.717, 1.165) is 10.9 Å². The van der Waals surface area contributed by atoms with Gasteiger partial charge in [-0.3, -0.25) is 0 Å². The van der Waals surface area contributed by atoms with Crippen LogP contribution in [0.5, 0.6) is 0 Å². The van der Waals surface area contributed by atoms with Crippen LogP contribution in [0.15, 0.2) is 63.8 Å². The van der Waals surface area contributed by atoms with Gasteiger partial charge < -0.3 is 4.42 Å². The maximum Gasteiger partial charge on any atom is 0.344 e. The third kappa shape index (κ3) is 2.00. The van der Waals surface area contributed by atoms with E-state index in [0.29, 0.717) is 16.8 Å². The van der Waals surface area contributed by atoms with Crippen LogP contribution < -0.4 is 5.63 Å². The van der Waals surface area contributed by atoms with Crippen LogP contribution in [0.3, 0.4) is 0 Å². The number of nitrogens with zero attached hydrogens (tertiary/aromatic N) is 1. The van der Waals surface area contributed by atoms with Gasteiger partial charge in [0.05, 0.1) is 12.1 Å². The summed E-state index contributed by atoms with van der Waals surface area (Å²) in [6.07, 6.45) is 0. The minimum atomic E-state index is -0.388. The van der Waals surface area contributed by atoms with E-state index < -0.39 is 0 Å². The van der Waals surface area contributed by atoms with E-state index in [1.807, 2.05) is 30.3 Å². The summed E-state index contributed by atoms with van der Waals surface area (Å²) in [6.45, 7) is 6.95. The molecule has 1 aromatic heterocycles. The van der Waals surface area contributed by atoms with Gasteiger partial charge in [0.2, 0.25) is 0 Å². The van der Waals surface area contributed by atoms with Crippen molar-refractivity contribution in [2.45, 2.75) is 0 Å². The molecule has 0 N–H and O–H groups in total. The minimum absolute atomic E-state index is 0.388. The van der Waals surface area contributed by atoms with Crippen LogP contribution in [0.25, 0.3) is 26.9 Å². The summed E-state index contributed by atoms with van der Waals surface area (Å²) >= 11 is 0. The Hall–Kier alpha value is -2.86. The van der Waals surface area contributed by atoms with Crippen LogP contribution in [0.1, 0.15) is 0 Å². The lowest BCUT2D eigenvalue weighted by molar-refractivity contribution is 0.563. The lowest BCUT2D eigenvalue weighted by Gasteiger charge is -2.02. The average Bonchev–Trinajstić information content (AvgIpc) is 2.47. The van der Waals surface area contributed by atoms with Crippen LogP contribution in [0.4, 0.5) is 5.69 Å². The van der Waals surface area contributed by atoms with Crippen molar-refractivity contribution in [1.82, 2.24) is 0 Å². The van der Waals surface area contributed by atoms with Gasteiger partial charge in [-0.1, -0.05) is 42.5 Å². The average molecular weight is 247 g/mol. The molecule has 3 rings (SSSR count). The lowest BCUT2D eigenvalue weighted by atomic mass is 10.1. The van der Waals surface area contributed by atoms with Crippen molar-refractivity contribution < 1.29 is 4.42 Å². The highest BCUT2D eigenvalue weighted by Crippen LogP contribution is 2.24. The van der Waals surface area contributed by atoms with E-state index in [2.05, 4.69) is 4.85 Å². The fraction of sp³-hybridized carbons (Fsp3) is 0. The predicted molar refractivity (Wildman–Crippen MR) is 74.2 cm³/mol. The van der Waals surface area contributed by atoms with Crippen molar-refractivity contribution in [3.63, 3.8) is 0 Å². The minimum Gasteiger partial charge on any atom is -0.424 e. The molecule has 3 nitrogen and oxygen atoms in total. The molecule has 0 saturated carbocycles.